The molecule has 0 saturated carbocycles. The third-order valence-corrected chi connectivity index (χ3v) is 3.77. The fourth-order valence-electron chi connectivity index (χ4n) is 2.53. The lowest BCUT2D eigenvalue weighted by Crippen LogP contribution is -2.12. The van der Waals surface area contributed by atoms with E-state index in [2.05, 4.69) is 20.4 Å². The SMILES string of the molecule is COc1cccc(-c2ccc3nc(NC(=O)c4ccc[nH]4)cn3n2)c1. The molecule has 1 amide bonds. The zero-order valence-electron chi connectivity index (χ0n) is 13.4. The van der Waals surface area contributed by atoms with Crippen LogP contribution in [0.2, 0.25) is 0 Å². The van der Waals surface area contributed by atoms with Gasteiger partial charge >= 0.3 is 0 Å². The normalized spacial score (nSPS) is 10.8. The van der Waals surface area contributed by atoms with Gasteiger partial charge in [-0.25, -0.2) is 9.50 Å². The van der Waals surface area contributed by atoms with E-state index in [-0.39, 0.29) is 5.91 Å². The number of benzene rings is 1. The molecule has 4 rings (SSSR count). The Morgan fingerprint density at radius 3 is 2.92 bits per heavy atom. The highest BCUT2D eigenvalue weighted by molar-refractivity contribution is 6.02. The molecule has 0 aliphatic rings. The Morgan fingerprint density at radius 2 is 2.12 bits per heavy atom. The Labute approximate surface area is 143 Å². The van der Waals surface area contributed by atoms with Crippen molar-refractivity contribution in [2.45, 2.75) is 0 Å². The van der Waals surface area contributed by atoms with Crippen LogP contribution >= 0.6 is 0 Å². The van der Waals surface area contributed by atoms with Gasteiger partial charge in [0.05, 0.1) is 19.0 Å². The van der Waals surface area contributed by atoms with Crippen LogP contribution in [-0.4, -0.2) is 32.6 Å². The van der Waals surface area contributed by atoms with Crippen molar-refractivity contribution in [2.24, 2.45) is 0 Å². The molecule has 3 heterocycles. The summed E-state index contributed by atoms with van der Waals surface area (Å²) < 4.78 is 6.89. The Morgan fingerprint density at radius 1 is 1.20 bits per heavy atom. The summed E-state index contributed by atoms with van der Waals surface area (Å²) in [6.07, 6.45) is 3.38. The minimum absolute atomic E-state index is 0.249. The van der Waals surface area contributed by atoms with Crippen LogP contribution in [0.5, 0.6) is 5.75 Å². The lowest BCUT2D eigenvalue weighted by molar-refractivity contribution is 0.102. The van der Waals surface area contributed by atoms with Crippen molar-refractivity contribution in [3.05, 3.63) is 66.6 Å². The first-order valence-electron chi connectivity index (χ1n) is 7.68. The number of aromatic nitrogens is 4. The van der Waals surface area contributed by atoms with Gasteiger partial charge in [-0.15, -0.1) is 0 Å². The molecule has 0 fully saturated rings. The molecule has 1 aromatic carbocycles. The predicted molar refractivity (Wildman–Crippen MR) is 93.7 cm³/mol. The van der Waals surface area contributed by atoms with Crippen molar-refractivity contribution < 1.29 is 9.53 Å². The molecular weight excluding hydrogens is 318 g/mol. The first-order chi connectivity index (χ1) is 12.2. The Balaban J connectivity index is 1.64. The number of carbonyl (C=O) groups is 1. The molecule has 124 valence electrons. The largest absolute Gasteiger partial charge is 0.497 e. The van der Waals surface area contributed by atoms with Crippen LogP contribution in [0.4, 0.5) is 5.82 Å². The van der Waals surface area contributed by atoms with Crippen LogP contribution < -0.4 is 10.1 Å². The highest BCUT2D eigenvalue weighted by atomic mass is 16.5. The predicted octanol–water partition coefficient (Wildman–Crippen LogP) is 2.99. The van der Waals surface area contributed by atoms with Gasteiger partial charge in [-0.05, 0) is 36.4 Å². The van der Waals surface area contributed by atoms with Gasteiger partial charge in [-0.2, -0.15) is 5.10 Å². The number of anilines is 1. The number of carbonyl (C=O) groups excluding carboxylic acids is 1. The molecular formula is C18H15N5O2. The summed E-state index contributed by atoms with van der Waals surface area (Å²) in [7, 11) is 1.63. The number of hydrogen-bond acceptors (Lipinski definition) is 4. The third-order valence-electron chi connectivity index (χ3n) is 3.77. The highest BCUT2D eigenvalue weighted by Gasteiger charge is 2.10. The quantitative estimate of drug-likeness (QED) is 0.601. The Bertz CT molecular complexity index is 1040. The maximum Gasteiger partial charge on any atom is 0.273 e. The number of rotatable bonds is 4. The van der Waals surface area contributed by atoms with Crippen LogP contribution in [-0.2, 0) is 0 Å². The second-order valence-electron chi connectivity index (χ2n) is 5.42. The van der Waals surface area contributed by atoms with E-state index in [0.717, 1.165) is 17.0 Å². The molecule has 7 nitrogen and oxygen atoms in total. The molecule has 4 aromatic rings. The third kappa shape index (κ3) is 2.94. The van der Waals surface area contributed by atoms with E-state index < -0.39 is 0 Å². The molecule has 0 bridgehead atoms. The molecule has 3 aromatic heterocycles. The van der Waals surface area contributed by atoms with Gasteiger partial charge in [-0.3, -0.25) is 4.79 Å². The molecule has 0 radical (unpaired) electrons. The van der Waals surface area contributed by atoms with E-state index in [1.165, 1.54) is 0 Å². The van der Waals surface area contributed by atoms with Gasteiger partial charge in [0.25, 0.3) is 5.91 Å². The number of imidazole rings is 1. The fourth-order valence-corrected chi connectivity index (χ4v) is 2.53. The van der Waals surface area contributed by atoms with Gasteiger partial charge in [0.15, 0.2) is 11.5 Å². The number of hydrogen-bond donors (Lipinski definition) is 2. The zero-order valence-corrected chi connectivity index (χ0v) is 13.4. The number of ether oxygens (including phenoxy) is 1. The molecule has 0 saturated heterocycles. The van der Waals surface area contributed by atoms with Gasteiger partial charge in [-0.1, -0.05) is 12.1 Å². The number of aromatic amines is 1. The zero-order chi connectivity index (χ0) is 17.2. The number of nitrogens with zero attached hydrogens (tertiary/aromatic N) is 3. The lowest BCUT2D eigenvalue weighted by atomic mass is 10.1. The second kappa shape index (κ2) is 6.12. The van der Waals surface area contributed by atoms with Gasteiger partial charge in [0, 0.05) is 11.8 Å². The topological polar surface area (TPSA) is 84.3 Å². The van der Waals surface area contributed by atoms with E-state index >= 15 is 0 Å². The van der Waals surface area contributed by atoms with Crippen LogP contribution in [0.1, 0.15) is 10.5 Å². The average Bonchev–Trinajstić information content (AvgIpc) is 3.30. The first kappa shape index (κ1) is 14.9. The molecule has 7 heteroatoms. The molecule has 2 N–H and O–H groups in total. The van der Waals surface area contributed by atoms with Crippen molar-refractivity contribution in [1.29, 1.82) is 0 Å². The van der Waals surface area contributed by atoms with E-state index in [4.69, 9.17) is 4.74 Å². The molecule has 25 heavy (non-hydrogen) atoms. The minimum atomic E-state index is -0.249. The van der Waals surface area contributed by atoms with Crippen LogP contribution in [0.3, 0.4) is 0 Å². The maximum atomic E-state index is 12.1. The summed E-state index contributed by atoms with van der Waals surface area (Å²) in [6, 6.07) is 14.9. The molecule has 0 aliphatic heterocycles. The molecule has 0 atom stereocenters. The van der Waals surface area contributed by atoms with E-state index in [1.54, 1.807) is 36.2 Å². The van der Waals surface area contributed by atoms with Crippen molar-refractivity contribution in [3.63, 3.8) is 0 Å². The van der Waals surface area contributed by atoms with Crippen molar-refractivity contribution in [3.8, 4) is 17.0 Å². The Kier molecular flexibility index (Phi) is 3.66. The van der Waals surface area contributed by atoms with Crippen molar-refractivity contribution >= 4 is 17.4 Å². The highest BCUT2D eigenvalue weighted by Crippen LogP contribution is 2.22. The monoisotopic (exact) mass is 333 g/mol. The lowest BCUT2D eigenvalue weighted by Gasteiger charge is -2.04. The number of methoxy groups -OCH3 is 1. The summed E-state index contributed by atoms with van der Waals surface area (Å²) in [5, 5.41) is 7.30. The van der Waals surface area contributed by atoms with Gasteiger partial charge in [0.2, 0.25) is 0 Å². The smallest absolute Gasteiger partial charge is 0.273 e. The summed E-state index contributed by atoms with van der Waals surface area (Å²) in [6.45, 7) is 0. The number of fused-ring (bicyclic) bond motifs is 1. The van der Waals surface area contributed by atoms with Gasteiger partial charge in [0.1, 0.15) is 11.4 Å². The molecule has 0 aliphatic carbocycles. The first-order valence-corrected chi connectivity index (χ1v) is 7.68. The maximum absolute atomic E-state index is 12.1. The van der Waals surface area contributed by atoms with Gasteiger partial charge < -0.3 is 15.0 Å². The van der Waals surface area contributed by atoms with E-state index in [0.29, 0.717) is 17.2 Å². The molecule has 0 spiro atoms. The van der Waals surface area contributed by atoms with Crippen molar-refractivity contribution in [1.82, 2.24) is 19.6 Å². The van der Waals surface area contributed by atoms with E-state index in [1.807, 2.05) is 36.4 Å². The summed E-state index contributed by atoms with van der Waals surface area (Å²) in [5.74, 6) is 0.959. The summed E-state index contributed by atoms with van der Waals surface area (Å²) >= 11 is 0. The van der Waals surface area contributed by atoms with Crippen LogP contribution in [0, 0.1) is 0 Å². The number of H-pyrrole nitrogens is 1. The van der Waals surface area contributed by atoms with Crippen molar-refractivity contribution in [2.75, 3.05) is 12.4 Å². The Hall–Kier alpha value is -3.61. The molecule has 0 unspecified atom stereocenters. The van der Waals surface area contributed by atoms with Crippen LogP contribution in [0.25, 0.3) is 16.9 Å². The standard InChI is InChI=1S/C18H15N5O2/c1-25-13-5-2-4-12(10-13)14-7-8-17-20-16(11-23(17)22-14)21-18(24)15-6-3-9-19-15/h2-11,19H,1H3,(H,21,24). The minimum Gasteiger partial charge on any atom is -0.497 e. The fraction of sp³-hybridized carbons (Fsp3) is 0.0556. The number of nitrogens with one attached hydrogen (secondary N) is 2. The summed E-state index contributed by atoms with van der Waals surface area (Å²) in [5.41, 5.74) is 2.84. The summed E-state index contributed by atoms with van der Waals surface area (Å²) in [4.78, 5) is 19.3. The van der Waals surface area contributed by atoms with Crippen LogP contribution in [0.15, 0.2) is 60.9 Å². The number of amides is 1. The average molecular weight is 333 g/mol. The second-order valence-corrected chi connectivity index (χ2v) is 5.42. The van der Waals surface area contributed by atoms with E-state index in [9.17, 15) is 4.79 Å².